The van der Waals surface area contributed by atoms with Crippen LogP contribution in [0.5, 0.6) is 11.5 Å². The molecule has 0 saturated heterocycles. The standard InChI is InChI=1S/C16H14N4O3/c1-22-12-5-10(6-13(7-12)23-2)3-4-11-8-18-15(21)14-9-19-16(17)20(11)14/h5-9H,1-2H3,(H2,17,19)(H,18,21). The quantitative estimate of drug-likeness (QED) is 0.689. The van der Waals surface area contributed by atoms with E-state index >= 15 is 0 Å². The van der Waals surface area contributed by atoms with E-state index in [-0.39, 0.29) is 11.5 Å². The van der Waals surface area contributed by atoms with Crippen LogP contribution in [0.1, 0.15) is 11.3 Å². The van der Waals surface area contributed by atoms with Gasteiger partial charge in [0.1, 0.15) is 22.7 Å². The number of hydrogen-bond acceptors (Lipinski definition) is 5. The van der Waals surface area contributed by atoms with Crippen molar-refractivity contribution in [3.05, 3.63) is 52.2 Å². The summed E-state index contributed by atoms with van der Waals surface area (Å²) in [6.07, 6.45) is 2.91. The zero-order valence-corrected chi connectivity index (χ0v) is 12.6. The Bertz CT molecular complexity index is 970. The summed E-state index contributed by atoms with van der Waals surface area (Å²) >= 11 is 0. The number of hydrogen-bond donors (Lipinski definition) is 2. The number of fused-ring (bicyclic) bond motifs is 1. The summed E-state index contributed by atoms with van der Waals surface area (Å²) < 4.78 is 11.9. The SMILES string of the molecule is COc1cc(C#Cc2c[nH]c(=O)c3cnc(N)n23)cc(OC)c1. The Labute approximate surface area is 131 Å². The molecule has 1 aromatic carbocycles. The summed E-state index contributed by atoms with van der Waals surface area (Å²) in [5.41, 5.74) is 7.10. The fourth-order valence-corrected chi connectivity index (χ4v) is 2.16. The number of aromatic nitrogens is 3. The summed E-state index contributed by atoms with van der Waals surface area (Å²) in [6.45, 7) is 0. The van der Waals surface area contributed by atoms with Crippen LogP contribution in [0.4, 0.5) is 5.95 Å². The highest BCUT2D eigenvalue weighted by Gasteiger charge is 2.07. The number of nitrogen functional groups attached to an aromatic ring is 1. The van der Waals surface area contributed by atoms with E-state index in [0.717, 1.165) is 0 Å². The summed E-state index contributed by atoms with van der Waals surface area (Å²) in [7, 11) is 3.15. The predicted octanol–water partition coefficient (Wildman–Crippen LogP) is 1.02. The van der Waals surface area contributed by atoms with Crippen molar-refractivity contribution in [1.29, 1.82) is 0 Å². The molecule has 2 aromatic heterocycles. The average molecular weight is 310 g/mol. The van der Waals surface area contributed by atoms with Gasteiger partial charge in [0.05, 0.1) is 20.4 Å². The van der Waals surface area contributed by atoms with Crippen molar-refractivity contribution in [2.75, 3.05) is 20.0 Å². The number of ether oxygens (including phenoxy) is 2. The number of nitrogens with two attached hydrogens (primary N) is 1. The van der Waals surface area contributed by atoms with Crippen LogP contribution in [0.15, 0.2) is 35.4 Å². The molecule has 0 aliphatic rings. The van der Waals surface area contributed by atoms with E-state index < -0.39 is 0 Å². The topological polar surface area (TPSA) is 94.6 Å². The van der Waals surface area contributed by atoms with E-state index in [2.05, 4.69) is 21.8 Å². The average Bonchev–Trinajstić information content (AvgIpc) is 2.97. The lowest BCUT2D eigenvalue weighted by Crippen LogP contribution is -2.11. The van der Waals surface area contributed by atoms with Crippen molar-refractivity contribution in [2.45, 2.75) is 0 Å². The van der Waals surface area contributed by atoms with Crippen LogP contribution in [0.2, 0.25) is 0 Å². The highest BCUT2D eigenvalue weighted by molar-refractivity contribution is 5.54. The molecule has 0 aliphatic heterocycles. The van der Waals surface area contributed by atoms with Gasteiger partial charge in [-0.3, -0.25) is 9.20 Å². The van der Waals surface area contributed by atoms with Crippen molar-refractivity contribution < 1.29 is 9.47 Å². The van der Waals surface area contributed by atoms with Gasteiger partial charge in [0.2, 0.25) is 5.95 Å². The summed E-state index contributed by atoms with van der Waals surface area (Å²) in [6, 6.07) is 5.34. The van der Waals surface area contributed by atoms with Crippen molar-refractivity contribution in [3.8, 4) is 23.3 Å². The lowest BCUT2D eigenvalue weighted by Gasteiger charge is -2.04. The number of rotatable bonds is 2. The van der Waals surface area contributed by atoms with Gasteiger partial charge in [0, 0.05) is 17.8 Å². The number of aromatic amines is 1. The largest absolute Gasteiger partial charge is 0.497 e. The molecule has 3 aromatic rings. The van der Waals surface area contributed by atoms with Crippen LogP contribution in [-0.2, 0) is 0 Å². The third-order valence-electron chi connectivity index (χ3n) is 3.29. The number of imidazole rings is 1. The van der Waals surface area contributed by atoms with Gasteiger partial charge in [-0.2, -0.15) is 0 Å². The first kappa shape index (κ1) is 14.5. The Morgan fingerprint density at radius 2 is 1.87 bits per heavy atom. The maximum absolute atomic E-state index is 11.7. The second-order valence-corrected chi connectivity index (χ2v) is 4.69. The number of anilines is 1. The minimum Gasteiger partial charge on any atom is -0.497 e. The molecule has 2 heterocycles. The van der Waals surface area contributed by atoms with Crippen LogP contribution in [0.3, 0.4) is 0 Å². The first-order valence-electron chi connectivity index (χ1n) is 6.72. The second kappa shape index (κ2) is 5.77. The van der Waals surface area contributed by atoms with Gasteiger partial charge in [-0.25, -0.2) is 4.98 Å². The maximum Gasteiger partial charge on any atom is 0.274 e. The lowest BCUT2D eigenvalue weighted by molar-refractivity contribution is 0.394. The third kappa shape index (κ3) is 2.70. The van der Waals surface area contributed by atoms with E-state index in [1.807, 2.05) is 0 Å². The van der Waals surface area contributed by atoms with Gasteiger partial charge in [0.25, 0.3) is 5.56 Å². The van der Waals surface area contributed by atoms with Crippen LogP contribution in [0.25, 0.3) is 5.52 Å². The van der Waals surface area contributed by atoms with Gasteiger partial charge in [0.15, 0.2) is 0 Å². The predicted molar refractivity (Wildman–Crippen MR) is 85.8 cm³/mol. The molecular weight excluding hydrogens is 296 g/mol. The first-order chi connectivity index (χ1) is 11.1. The van der Waals surface area contributed by atoms with E-state index in [1.54, 1.807) is 32.4 Å². The minimum absolute atomic E-state index is 0.207. The molecule has 0 atom stereocenters. The summed E-state index contributed by atoms with van der Waals surface area (Å²) in [4.78, 5) is 18.3. The zero-order chi connectivity index (χ0) is 16.4. The highest BCUT2D eigenvalue weighted by Crippen LogP contribution is 2.21. The van der Waals surface area contributed by atoms with Gasteiger partial charge < -0.3 is 20.2 Å². The summed E-state index contributed by atoms with van der Waals surface area (Å²) in [5.74, 6) is 7.46. The van der Waals surface area contributed by atoms with Crippen molar-refractivity contribution in [2.24, 2.45) is 0 Å². The molecule has 0 saturated carbocycles. The fraction of sp³-hybridized carbons (Fsp3) is 0.125. The Morgan fingerprint density at radius 1 is 1.17 bits per heavy atom. The van der Waals surface area contributed by atoms with E-state index in [0.29, 0.717) is 28.3 Å². The molecule has 3 N–H and O–H groups in total. The number of nitrogens with zero attached hydrogens (tertiary/aromatic N) is 2. The third-order valence-corrected chi connectivity index (χ3v) is 3.29. The minimum atomic E-state index is -0.275. The number of H-pyrrole nitrogens is 1. The smallest absolute Gasteiger partial charge is 0.274 e. The van der Waals surface area contributed by atoms with Gasteiger partial charge >= 0.3 is 0 Å². The Morgan fingerprint density at radius 3 is 2.52 bits per heavy atom. The summed E-state index contributed by atoms with van der Waals surface area (Å²) in [5, 5.41) is 0. The van der Waals surface area contributed by atoms with E-state index in [4.69, 9.17) is 15.2 Å². The lowest BCUT2D eigenvalue weighted by atomic mass is 10.2. The molecular formula is C16H14N4O3. The molecule has 23 heavy (non-hydrogen) atoms. The van der Waals surface area contributed by atoms with Crippen LogP contribution in [0, 0.1) is 11.8 Å². The molecule has 7 heteroatoms. The molecule has 0 aliphatic carbocycles. The molecule has 3 rings (SSSR count). The molecule has 0 radical (unpaired) electrons. The Hall–Kier alpha value is -3.40. The molecule has 0 amide bonds. The van der Waals surface area contributed by atoms with E-state index in [1.165, 1.54) is 16.8 Å². The molecule has 116 valence electrons. The molecule has 0 unspecified atom stereocenters. The highest BCUT2D eigenvalue weighted by atomic mass is 16.5. The normalized spacial score (nSPS) is 10.2. The first-order valence-corrected chi connectivity index (χ1v) is 6.72. The van der Waals surface area contributed by atoms with Crippen LogP contribution < -0.4 is 20.8 Å². The van der Waals surface area contributed by atoms with Crippen molar-refractivity contribution in [1.82, 2.24) is 14.4 Å². The van der Waals surface area contributed by atoms with Crippen molar-refractivity contribution in [3.63, 3.8) is 0 Å². The van der Waals surface area contributed by atoms with Gasteiger partial charge in [-0.05, 0) is 18.1 Å². The molecule has 0 spiro atoms. The monoisotopic (exact) mass is 310 g/mol. The fourth-order valence-electron chi connectivity index (χ4n) is 2.16. The molecule has 0 fully saturated rings. The molecule has 7 nitrogen and oxygen atoms in total. The van der Waals surface area contributed by atoms with Crippen LogP contribution >= 0.6 is 0 Å². The van der Waals surface area contributed by atoms with Gasteiger partial charge in [-0.1, -0.05) is 5.92 Å². The van der Waals surface area contributed by atoms with Gasteiger partial charge in [-0.15, -0.1) is 0 Å². The Kier molecular flexibility index (Phi) is 3.65. The number of nitrogens with one attached hydrogen (secondary N) is 1. The van der Waals surface area contributed by atoms with E-state index in [9.17, 15) is 4.79 Å². The number of benzene rings is 1. The van der Waals surface area contributed by atoms with Crippen molar-refractivity contribution >= 4 is 11.5 Å². The zero-order valence-electron chi connectivity index (χ0n) is 12.6. The molecule has 0 bridgehead atoms. The maximum atomic E-state index is 11.7. The second-order valence-electron chi connectivity index (χ2n) is 4.69. The van der Waals surface area contributed by atoms with Crippen LogP contribution in [-0.4, -0.2) is 28.6 Å². The Balaban J connectivity index is 2.11. The number of methoxy groups -OCH3 is 2.